The van der Waals surface area contributed by atoms with Crippen LogP contribution in [-0.2, 0) is 0 Å². The average Bonchev–Trinajstić information content (AvgIpc) is 2.35. The SMILES string of the molecule is Nc1c[nH]c2cc(Cl)c(F)cc12. The van der Waals surface area contributed by atoms with Gasteiger partial charge >= 0.3 is 0 Å². The highest BCUT2D eigenvalue weighted by atomic mass is 35.5. The van der Waals surface area contributed by atoms with Crippen molar-refractivity contribution in [1.82, 2.24) is 4.98 Å². The molecule has 0 fully saturated rings. The van der Waals surface area contributed by atoms with Gasteiger partial charge in [-0.25, -0.2) is 4.39 Å². The van der Waals surface area contributed by atoms with Crippen molar-refractivity contribution in [3.05, 3.63) is 29.2 Å². The molecule has 0 amide bonds. The predicted molar refractivity (Wildman–Crippen MR) is 47.7 cm³/mol. The Kier molecular flexibility index (Phi) is 1.48. The van der Waals surface area contributed by atoms with Crippen molar-refractivity contribution in [3.8, 4) is 0 Å². The number of hydrogen-bond acceptors (Lipinski definition) is 1. The van der Waals surface area contributed by atoms with Crippen LogP contribution in [0.1, 0.15) is 0 Å². The number of aromatic nitrogens is 1. The second-order valence-electron chi connectivity index (χ2n) is 2.56. The molecular formula is C8H6ClFN2. The number of fused-ring (bicyclic) bond motifs is 1. The lowest BCUT2D eigenvalue weighted by Crippen LogP contribution is -1.82. The van der Waals surface area contributed by atoms with Crippen LogP contribution < -0.4 is 5.73 Å². The van der Waals surface area contributed by atoms with Crippen LogP contribution in [0.5, 0.6) is 0 Å². The first-order valence-electron chi connectivity index (χ1n) is 3.40. The lowest BCUT2D eigenvalue weighted by atomic mass is 10.2. The lowest BCUT2D eigenvalue weighted by Gasteiger charge is -1.94. The molecule has 0 aliphatic carbocycles. The van der Waals surface area contributed by atoms with Gasteiger partial charge in [-0.15, -0.1) is 0 Å². The van der Waals surface area contributed by atoms with Crippen molar-refractivity contribution in [1.29, 1.82) is 0 Å². The Hall–Kier alpha value is -1.22. The summed E-state index contributed by atoms with van der Waals surface area (Å²) in [5.41, 5.74) is 6.83. The number of benzene rings is 1. The summed E-state index contributed by atoms with van der Waals surface area (Å²) in [6, 6.07) is 2.84. The molecule has 2 nitrogen and oxygen atoms in total. The van der Waals surface area contributed by atoms with E-state index in [1.807, 2.05) is 0 Å². The zero-order valence-corrected chi connectivity index (χ0v) is 6.82. The summed E-state index contributed by atoms with van der Waals surface area (Å²) >= 11 is 5.56. The van der Waals surface area contributed by atoms with E-state index in [0.717, 1.165) is 5.52 Å². The number of halogens is 2. The molecule has 2 rings (SSSR count). The maximum atomic E-state index is 12.9. The Morgan fingerprint density at radius 2 is 2.17 bits per heavy atom. The summed E-state index contributed by atoms with van der Waals surface area (Å²) in [5.74, 6) is -0.449. The second-order valence-corrected chi connectivity index (χ2v) is 2.96. The fraction of sp³-hybridized carbons (Fsp3) is 0. The van der Waals surface area contributed by atoms with Crippen LogP contribution in [0.4, 0.5) is 10.1 Å². The minimum Gasteiger partial charge on any atom is -0.397 e. The molecule has 0 bridgehead atoms. The molecule has 0 atom stereocenters. The molecule has 2 aromatic rings. The van der Waals surface area contributed by atoms with Gasteiger partial charge in [-0.2, -0.15) is 0 Å². The molecule has 1 heterocycles. The highest BCUT2D eigenvalue weighted by Gasteiger charge is 2.05. The summed E-state index contributed by atoms with van der Waals surface area (Å²) < 4.78 is 12.9. The molecule has 0 unspecified atom stereocenters. The van der Waals surface area contributed by atoms with Crippen LogP contribution in [-0.4, -0.2) is 4.98 Å². The molecule has 0 saturated carbocycles. The molecule has 3 N–H and O–H groups in total. The van der Waals surface area contributed by atoms with Gasteiger partial charge < -0.3 is 10.7 Å². The molecule has 1 aromatic carbocycles. The molecule has 1 aromatic heterocycles. The van der Waals surface area contributed by atoms with Crippen LogP contribution >= 0.6 is 11.6 Å². The Labute approximate surface area is 73.1 Å². The summed E-state index contributed by atoms with van der Waals surface area (Å²) in [5, 5.41) is 0.765. The van der Waals surface area contributed by atoms with Crippen LogP contribution in [0.2, 0.25) is 5.02 Å². The van der Waals surface area contributed by atoms with Gasteiger partial charge in [0.2, 0.25) is 0 Å². The smallest absolute Gasteiger partial charge is 0.142 e. The van der Waals surface area contributed by atoms with Crippen molar-refractivity contribution < 1.29 is 4.39 Å². The fourth-order valence-corrected chi connectivity index (χ4v) is 1.30. The number of nitrogens with two attached hydrogens (primary N) is 1. The second kappa shape index (κ2) is 2.38. The maximum Gasteiger partial charge on any atom is 0.142 e. The highest BCUT2D eigenvalue weighted by molar-refractivity contribution is 6.31. The first-order valence-corrected chi connectivity index (χ1v) is 3.78. The Bertz CT molecular complexity index is 436. The van der Waals surface area contributed by atoms with Crippen molar-refractivity contribution in [2.45, 2.75) is 0 Å². The molecule has 0 radical (unpaired) electrons. The Morgan fingerprint density at radius 3 is 2.92 bits per heavy atom. The number of rotatable bonds is 0. The zero-order chi connectivity index (χ0) is 8.72. The van der Waals surface area contributed by atoms with Gasteiger partial charge in [-0.05, 0) is 12.1 Å². The van der Waals surface area contributed by atoms with E-state index < -0.39 is 5.82 Å². The third-order valence-electron chi connectivity index (χ3n) is 1.75. The number of nitrogen functional groups attached to an aromatic ring is 1. The summed E-state index contributed by atoms with van der Waals surface area (Å²) in [7, 11) is 0. The maximum absolute atomic E-state index is 12.9. The van der Waals surface area contributed by atoms with E-state index in [4.69, 9.17) is 17.3 Å². The van der Waals surface area contributed by atoms with E-state index in [-0.39, 0.29) is 5.02 Å². The van der Waals surface area contributed by atoms with Crippen molar-refractivity contribution in [2.75, 3.05) is 5.73 Å². The quantitative estimate of drug-likeness (QED) is 0.649. The Morgan fingerprint density at radius 1 is 1.42 bits per heavy atom. The number of anilines is 1. The minimum atomic E-state index is -0.449. The van der Waals surface area contributed by atoms with E-state index in [0.29, 0.717) is 11.1 Å². The van der Waals surface area contributed by atoms with Crippen molar-refractivity contribution in [3.63, 3.8) is 0 Å². The van der Waals surface area contributed by atoms with Crippen LogP contribution in [0, 0.1) is 5.82 Å². The molecule has 4 heteroatoms. The van der Waals surface area contributed by atoms with E-state index >= 15 is 0 Å². The normalized spacial score (nSPS) is 10.8. The molecule has 0 aliphatic heterocycles. The monoisotopic (exact) mass is 184 g/mol. The summed E-state index contributed by atoms with van der Waals surface area (Å²) in [6.07, 6.45) is 1.61. The largest absolute Gasteiger partial charge is 0.397 e. The van der Waals surface area contributed by atoms with Gasteiger partial charge in [-0.3, -0.25) is 0 Å². The van der Waals surface area contributed by atoms with Gasteiger partial charge in [0.05, 0.1) is 10.7 Å². The van der Waals surface area contributed by atoms with Crippen LogP contribution in [0.3, 0.4) is 0 Å². The topological polar surface area (TPSA) is 41.8 Å². The van der Waals surface area contributed by atoms with Crippen molar-refractivity contribution in [2.24, 2.45) is 0 Å². The molecular weight excluding hydrogens is 179 g/mol. The molecule has 0 saturated heterocycles. The molecule has 0 aliphatic rings. The molecule has 12 heavy (non-hydrogen) atoms. The third kappa shape index (κ3) is 0.940. The average molecular weight is 185 g/mol. The first kappa shape index (κ1) is 7.43. The van der Waals surface area contributed by atoms with E-state index in [2.05, 4.69) is 4.98 Å². The number of nitrogens with one attached hydrogen (secondary N) is 1. The molecule has 0 spiro atoms. The number of H-pyrrole nitrogens is 1. The third-order valence-corrected chi connectivity index (χ3v) is 2.04. The van der Waals surface area contributed by atoms with Gasteiger partial charge in [-0.1, -0.05) is 11.6 Å². The molecule has 62 valence electrons. The lowest BCUT2D eigenvalue weighted by molar-refractivity contribution is 0.630. The summed E-state index contributed by atoms with van der Waals surface area (Å²) in [6.45, 7) is 0. The standard InChI is InChI=1S/C8H6ClFN2/c9-5-2-8-4(1-6(5)10)7(11)3-12-8/h1-3,12H,11H2. The Balaban J connectivity index is 2.87. The van der Waals surface area contributed by atoms with Gasteiger partial charge in [0, 0.05) is 17.1 Å². The van der Waals surface area contributed by atoms with Gasteiger partial charge in [0.25, 0.3) is 0 Å². The van der Waals surface area contributed by atoms with Crippen molar-refractivity contribution >= 4 is 28.2 Å². The van der Waals surface area contributed by atoms with Gasteiger partial charge in [0.1, 0.15) is 5.82 Å². The predicted octanol–water partition coefficient (Wildman–Crippen LogP) is 2.54. The van der Waals surface area contributed by atoms with Crippen LogP contribution in [0.25, 0.3) is 10.9 Å². The number of hydrogen-bond donors (Lipinski definition) is 2. The highest BCUT2D eigenvalue weighted by Crippen LogP contribution is 2.25. The first-order chi connectivity index (χ1) is 5.68. The van der Waals surface area contributed by atoms with E-state index in [1.54, 1.807) is 6.20 Å². The van der Waals surface area contributed by atoms with E-state index in [1.165, 1.54) is 12.1 Å². The zero-order valence-electron chi connectivity index (χ0n) is 6.07. The van der Waals surface area contributed by atoms with Gasteiger partial charge in [0.15, 0.2) is 0 Å². The fourth-order valence-electron chi connectivity index (χ4n) is 1.14. The van der Waals surface area contributed by atoms with Crippen LogP contribution in [0.15, 0.2) is 18.3 Å². The number of aromatic amines is 1. The minimum absolute atomic E-state index is 0.101. The van der Waals surface area contributed by atoms with E-state index in [9.17, 15) is 4.39 Å². The summed E-state index contributed by atoms with van der Waals surface area (Å²) in [4.78, 5) is 2.88.